The van der Waals surface area contributed by atoms with Gasteiger partial charge in [0.2, 0.25) is 0 Å². The van der Waals surface area contributed by atoms with Gasteiger partial charge in [0.25, 0.3) is 5.82 Å². The summed E-state index contributed by atoms with van der Waals surface area (Å²) in [4.78, 5) is 0. The van der Waals surface area contributed by atoms with Gasteiger partial charge in [0.1, 0.15) is 11.5 Å². The second kappa shape index (κ2) is 7.71. The molecule has 0 fully saturated rings. The van der Waals surface area contributed by atoms with Gasteiger partial charge in [-0.2, -0.15) is 4.57 Å². The lowest BCUT2D eigenvalue weighted by atomic mass is 9.88. The lowest BCUT2D eigenvalue weighted by molar-refractivity contribution is -0.652. The number of hydrogen-bond acceptors (Lipinski definition) is 0. The van der Waals surface area contributed by atoms with Crippen LogP contribution in [0.2, 0.25) is 0 Å². The zero-order valence-electron chi connectivity index (χ0n) is 18.7. The van der Waals surface area contributed by atoms with E-state index in [0.29, 0.717) is 11.8 Å². The van der Waals surface area contributed by atoms with E-state index in [9.17, 15) is 4.39 Å². The third-order valence-electron chi connectivity index (χ3n) is 6.11. The van der Waals surface area contributed by atoms with Gasteiger partial charge in [-0.3, -0.25) is 0 Å². The van der Waals surface area contributed by atoms with Gasteiger partial charge in [-0.15, -0.1) is 0 Å². The predicted molar refractivity (Wildman–Crippen MR) is 123 cm³/mol. The average molecular weight is 402 g/mol. The Morgan fingerprint density at radius 2 is 1.37 bits per heavy atom. The maximum absolute atomic E-state index is 13.5. The molecule has 3 aromatic carbocycles. The first-order valence-corrected chi connectivity index (χ1v) is 10.7. The maximum Gasteiger partial charge on any atom is 0.259 e. The Bertz CT molecular complexity index is 1180. The fourth-order valence-electron chi connectivity index (χ4n) is 4.35. The lowest BCUT2D eigenvalue weighted by Gasteiger charge is -2.20. The molecule has 1 aromatic heterocycles. The molecule has 2 nitrogen and oxygen atoms in total. The standard InChI is InChI=1S/C27H30FN2/c1-17(2)23-15-21(20-11-13-22(28)14-12-20)16-24(18(3)4)27(23)30-19(5)29(6)25-9-7-8-10-26(25)30/h7-18H,1-6H3/q+1. The molecule has 0 aliphatic carbocycles. The summed E-state index contributed by atoms with van der Waals surface area (Å²) in [5.74, 6) is 1.70. The van der Waals surface area contributed by atoms with Crippen LogP contribution in [0.5, 0.6) is 0 Å². The fraction of sp³-hybridized carbons (Fsp3) is 0.296. The van der Waals surface area contributed by atoms with E-state index >= 15 is 0 Å². The first-order chi connectivity index (χ1) is 14.3. The molecular weight excluding hydrogens is 371 g/mol. The summed E-state index contributed by atoms with van der Waals surface area (Å²) >= 11 is 0. The highest BCUT2D eigenvalue weighted by Crippen LogP contribution is 2.37. The zero-order valence-corrected chi connectivity index (χ0v) is 18.7. The molecular formula is C27H30FN2+. The highest BCUT2D eigenvalue weighted by Gasteiger charge is 2.27. The molecule has 0 bridgehead atoms. The number of imidazole rings is 1. The van der Waals surface area contributed by atoms with E-state index in [1.165, 1.54) is 45.8 Å². The van der Waals surface area contributed by atoms with Crippen molar-refractivity contribution in [2.24, 2.45) is 7.05 Å². The van der Waals surface area contributed by atoms with Crippen molar-refractivity contribution < 1.29 is 8.96 Å². The van der Waals surface area contributed by atoms with E-state index < -0.39 is 0 Å². The highest BCUT2D eigenvalue weighted by atomic mass is 19.1. The summed E-state index contributed by atoms with van der Waals surface area (Å²) in [6, 6.07) is 20.0. The molecule has 0 N–H and O–H groups in total. The van der Waals surface area contributed by atoms with Crippen molar-refractivity contribution in [1.29, 1.82) is 0 Å². The number of para-hydroxylation sites is 2. The molecule has 0 saturated heterocycles. The number of halogens is 1. The molecule has 0 aliphatic rings. The Labute approximate surface area is 178 Å². The fourth-order valence-corrected chi connectivity index (χ4v) is 4.35. The first kappa shape index (κ1) is 20.3. The zero-order chi connectivity index (χ0) is 21.6. The van der Waals surface area contributed by atoms with Gasteiger partial charge < -0.3 is 0 Å². The van der Waals surface area contributed by atoms with Crippen LogP contribution in [-0.4, -0.2) is 4.57 Å². The molecule has 0 saturated carbocycles. The molecule has 154 valence electrons. The van der Waals surface area contributed by atoms with Gasteiger partial charge >= 0.3 is 0 Å². The summed E-state index contributed by atoms with van der Waals surface area (Å²) in [7, 11) is 2.13. The Hall–Kier alpha value is -2.94. The van der Waals surface area contributed by atoms with Gasteiger partial charge in [0, 0.05) is 18.1 Å². The van der Waals surface area contributed by atoms with Gasteiger partial charge in [-0.25, -0.2) is 8.96 Å². The molecule has 30 heavy (non-hydrogen) atoms. The van der Waals surface area contributed by atoms with Gasteiger partial charge in [0.05, 0.1) is 7.05 Å². The van der Waals surface area contributed by atoms with Crippen molar-refractivity contribution in [3.8, 4) is 16.8 Å². The summed E-state index contributed by atoms with van der Waals surface area (Å²) in [5.41, 5.74) is 8.53. The van der Waals surface area contributed by atoms with Crippen molar-refractivity contribution in [3.05, 3.63) is 83.4 Å². The van der Waals surface area contributed by atoms with Crippen LogP contribution in [0.3, 0.4) is 0 Å². The van der Waals surface area contributed by atoms with Crippen molar-refractivity contribution in [3.63, 3.8) is 0 Å². The smallest absolute Gasteiger partial charge is 0.230 e. The summed E-state index contributed by atoms with van der Waals surface area (Å²) in [6.07, 6.45) is 0. The van der Waals surface area contributed by atoms with Crippen LogP contribution in [-0.2, 0) is 7.05 Å². The minimum atomic E-state index is -0.203. The SMILES string of the molecule is Cc1n(-c2c(C(C)C)cc(-c3ccc(F)cc3)cc2C(C)C)c2ccccc2[n+]1C. The van der Waals surface area contributed by atoms with E-state index in [1.54, 1.807) is 0 Å². The molecule has 0 aliphatic heterocycles. The third-order valence-corrected chi connectivity index (χ3v) is 6.11. The van der Waals surface area contributed by atoms with Crippen molar-refractivity contribution in [2.75, 3.05) is 0 Å². The Balaban J connectivity index is 2.08. The van der Waals surface area contributed by atoms with E-state index in [1.807, 2.05) is 12.1 Å². The first-order valence-electron chi connectivity index (χ1n) is 10.7. The normalized spacial score (nSPS) is 11.8. The maximum atomic E-state index is 13.5. The van der Waals surface area contributed by atoms with Crippen LogP contribution in [0.1, 0.15) is 56.5 Å². The van der Waals surface area contributed by atoms with Crippen LogP contribution < -0.4 is 4.57 Å². The minimum absolute atomic E-state index is 0.203. The Morgan fingerprint density at radius 1 is 0.800 bits per heavy atom. The van der Waals surface area contributed by atoms with Crippen LogP contribution in [0.25, 0.3) is 27.8 Å². The van der Waals surface area contributed by atoms with Crippen LogP contribution in [0.4, 0.5) is 4.39 Å². The number of benzene rings is 3. The van der Waals surface area contributed by atoms with E-state index in [-0.39, 0.29) is 5.82 Å². The average Bonchev–Trinajstić information content (AvgIpc) is 2.98. The molecule has 0 unspecified atom stereocenters. The number of hydrogen-bond donors (Lipinski definition) is 0. The monoisotopic (exact) mass is 401 g/mol. The third kappa shape index (κ3) is 3.32. The van der Waals surface area contributed by atoms with Crippen molar-refractivity contribution in [2.45, 2.75) is 46.5 Å². The number of aryl methyl sites for hydroxylation is 1. The van der Waals surface area contributed by atoms with Crippen molar-refractivity contribution >= 4 is 11.0 Å². The lowest BCUT2D eigenvalue weighted by Crippen LogP contribution is -2.31. The summed E-state index contributed by atoms with van der Waals surface area (Å²) in [6.45, 7) is 11.2. The number of fused-ring (bicyclic) bond motifs is 1. The van der Waals surface area contributed by atoms with E-state index in [0.717, 1.165) is 11.1 Å². The van der Waals surface area contributed by atoms with Crippen LogP contribution in [0.15, 0.2) is 60.7 Å². The molecule has 0 amide bonds. The highest BCUT2D eigenvalue weighted by molar-refractivity contribution is 5.78. The number of aromatic nitrogens is 2. The summed E-state index contributed by atoms with van der Waals surface area (Å²) < 4.78 is 18.2. The van der Waals surface area contributed by atoms with E-state index in [2.05, 4.69) is 87.2 Å². The van der Waals surface area contributed by atoms with Crippen LogP contribution in [0, 0.1) is 12.7 Å². The Morgan fingerprint density at radius 3 is 1.93 bits per heavy atom. The molecule has 0 radical (unpaired) electrons. The van der Waals surface area contributed by atoms with E-state index in [4.69, 9.17) is 0 Å². The molecule has 0 atom stereocenters. The second-order valence-corrected chi connectivity index (χ2v) is 8.75. The largest absolute Gasteiger partial charge is 0.259 e. The number of rotatable bonds is 4. The van der Waals surface area contributed by atoms with Crippen LogP contribution >= 0.6 is 0 Å². The Kier molecular flexibility index (Phi) is 5.23. The quantitative estimate of drug-likeness (QED) is 0.332. The van der Waals surface area contributed by atoms with Gasteiger partial charge in [-0.1, -0.05) is 52.0 Å². The predicted octanol–water partition coefficient (Wildman–Crippen LogP) is 6.82. The molecule has 3 heteroatoms. The minimum Gasteiger partial charge on any atom is -0.230 e. The molecule has 1 heterocycles. The molecule has 4 aromatic rings. The number of nitrogens with zero attached hydrogens (tertiary/aromatic N) is 2. The van der Waals surface area contributed by atoms with Gasteiger partial charge in [0.15, 0.2) is 11.0 Å². The summed E-state index contributed by atoms with van der Waals surface area (Å²) in [5, 5.41) is 0. The topological polar surface area (TPSA) is 8.81 Å². The van der Waals surface area contributed by atoms with Gasteiger partial charge in [-0.05, 0) is 59.4 Å². The van der Waals surface area contributed by atoms with Crippen molar-refractivity contribution in [1.82, 2.24) is 4.57 Å². The molecule has 4 rings (SSSR count). The second-order valence-electron chi connectivity index (χ2n) is 8.75. The molecule has 0 spiro atoms.